The van der Waals surface area contributed by atoms with Gasteiger partial charge >= 0.3 is 0 Å². The zero-order valence-electron chi connectivity index (χ0n) is 14.9. The maximum Gasteiger partial charge on any atom is 0.227 e. The molecule has 0 atom stereocenters. The molecule has 1 fully saturated rings. The number of rotatable bonds is 4. The molecular formula is C18H17F2N7O. The average Bonchev–Trinajstić information content (AvgIpc) is 3.25. The topological polar surface area (TPSA) is 80.0 Å². The van der Waals surface area contributed by atoms with Gasteiger partial charge < -0.3 is 9.80 Å². The number of carbonyl (C=O) groups is 1. The van der Waals surface area contributed by atoms with Crippen molar-refractivity contribution in [3.8, 4) is 5.82 Å². The standard InChI is InChI=1S/C18H17F2N7O/c19-14-2-1-13(15(20)10-14)9-18(28)26-7-5-25(6-8-26)16-3-4-17(24-23-16)27-12-21-11-22-27/h1-4,10-12H,5-9H2. The molecule has 3 aromatic rings. The summed E-state index contributed by atoms with van der Waals surface area (Å²) in [7, 11) is 0. The molecule has 0 N–H and O–H groups in total. The number of piperazine rings is 1. The molecule has 0 radical (unpaired) electrons. The largest absolute Gasteiger partial charge is 0.352 e. The normalized spacial score (nSPS) is 14.4. The molecule has 0 bridgehead atoms. The monoisotopic (exact) mass is 385 g/mol. The summed E-state index contributed by atoms with van der Waals surface area (Å²) >= 11 is 0. The zero-order valence-corrected chi connectivity index (χ0v) is 14.9. The summed E-state index contributed by atoms with van der Waals surface area (Å²) in [6.45, 7) is 2.17. The molecule has 1 aromatic carbocycles. The maximum atomic E-state index is 13.8. The highest BCUT2D eigenvalue weighted by Gasteiger charge is 2.23. The second-order valence-electron chi connectivity index (χ2n) is 6.37. The van der Waals surface area contributed by atoms with Crippen LogP contribution >= 0.6 is 0 Å². The van der Waals surface area contributed by atoms with Crippen LogP contribution < -0.4 is 4.90 Å². The number of carbonyl (C=O) groups excluding carboxylic acids is 1. The fourth-order valence-corrected chi connectivity index (χ4v) is 3.06. The summed E-state index contributed by atoms with van der Waals surface area (Å²) < 4.78 is 28.3. The molecule has 1 aliphatic heterocycles. The number of benzene rings is 1. The fourth-order valence-electron chi connectivity index (χ4n) is 3.06. The van der Waals surface area contributed by atoms with Crippen molar-refractivity contribution >= 4 is 11.7 Å². The molecule has 1 amide bonds. The maximum absolute atomic E-state index is 13.8. The smallest absolute Gasteiger partial charge is 0.227 e. The minimum atomic E-state index is -0.699. The molecule has 3 heterocycles. The first-order chi connectivity index (χ1) is 13.6. The molecule has 0 unspecified atom stereocenters. The number of hydrogen-bond donors (Lipinski definition) is 0. The Morgan fingerprint density at radius 3 is 2.39 bits per heavy atom. The van der Waals surface area contributed by atoms with Crippen molar-refractivity contribution in [2.45, 2.75) is 6.42 Å². The number of hydrogen-bond acceptors (Lipinski definition) is 6. The Kier molecular flexibility index (Phi) is 4.92. The van der Waals surface area contributed by atoms with Gasteiger partial charge in [0.05, 0.1) is 6.42 Å². The summed E-state index contributed by atoms with van der Waals surface area (Å²) in [4.78, 5) is 20.0. The molecule has 0 saturated carbocycles. The highest BCUT2D eigenvalue weighted by molar-refractivity contribution is 5.79. The van der Waals surface area contributed by atoms with Crippen LogP contribution in [0, 0.1) is 11.6 Å². The summed E-state index contributed by atoms with van der Waals surface area (Å²) in [6.07, 6.45) is 2.88. The molecule has 0 aliphatic carbocycles. The van der Waals surface area contributed by atoms with E-state index in [9.17, 15) is 13.6 Å². The van der Waals surface area contributed by atoms with E-state index in [1.54, 1.807) is 11.0 Å². The van der Waals surface area contributed by atoms with E-state index >= 15 is 0 Å². The molecule has 28 heavy (non-hydrogen) atoms. The predicted molar refractivity (Wildman–Crippen MR) is 95.8 cm³/mol. The lowest BCUT2D eigenvalue weighted by Crippen LogP contribution is -2.49. The van der Waals surface area contributed by atoms with Crippen molar-refractivity contribution in [3.05, 3.63) is 60.2 Å². The van der Waals surface area contributed by atoms with Gasteiger partial charge in [0, 0.05) is 32.2 Å². The van der Waals surface area contributed by atoms with Crippen molar-refractivity contribution in [1.29, 1.82) is 0 Å². The number of anilines is 1. The van der Waals surface area contributed by atoms with Crippen LogP contribution in [0.2, 0.25) is 0 Å². The minimum Gasteiger partial charge on any atom is -0.352 e. The summed E-state index contributed by atoms with van der Waals surface area (Å²) in [6, 6.07) is 6.90. The van der Waals surface area contributed by atoms with E-state index < -0.39 is 11.6 Å². The average molecular weight is 385 g/mol. The molecule has 2 aromatic heterocycles. The van der Waals surface area contributed by atoms with E-state index in [2.05, 4.69) is 20.3 Å². The Hall–Kier alpha value is -3.43. The Labute approximate surface area is 159 Å². The van der Waals surface area contributed by atoms with Gasteiger partial charge in [0.2, 0.25) is 5.91 Å². The lowest BCUT2D eigenvalue weighted by atomic mass is 10.1. The highest BCUT2D eigenvalue weighted by atomic mass is 19.1. The molecule has 1 aliphatic rings. The van der Waals surface area contributed by atoms with Crippen molar-refractivity contribution in [3.63, 3.8) is 0 Å². The third kappa shape index (κ3) is 3.80. The molecule has 8 nitrogen and oxygen atoms in total. The lowest BCUT2D eigenvalue weighted by Gasteiger charge is -2.35. The summed E-state index contributed by atoms with van der Waals surface area (Å²) in [5.74, 6) is -0.261. The first-order valence-electron chi connectivity index (χ1n) is 8.75. The molecule has 144 valence electrons. The second-order valence-corrected chi connectivity index (χ2v) is 6.37. The van der Waals surface area contributed by atoms with Crippen LogP contribution in [0.4, 0.5) is 14.6 Å². The van der Waals surface area contributed by atoms with Gasteiger partial charge in [0.25, 0.3) is 0 Å². The fraction of sp³-hybridized carbons (Fsp3) is 0.278. The number of halogens is 2. The van der Waals surface area contributed by atoms with E-state index in [4.69, 9.17) is 0 Å². The first-order valence-corrected chi connectivity index (χ1v) is 8.75. The van der Waals surface area contributed by atoms with Crippen LogP contribution in [0.5, 0.6) is 0 Å². The Bertz CT molecular complexity index is 955. The van der Waals surface area contributed by atoms with Gasteiger partial charge in [-0.3, -0.25) is 4.79 Å². The van der Waals surface area contributed by atoms with Crippen LogP contribution in [0.15, 0.2) is 43.0 Å². The van der Waals surface area contributed by atoms with Crippen LogP contribution in [0.1, 0.15) is 5.56 Å². The van der Waals surface area contributed by atoms with Crippen molar-refractivity contribution in [2.75, 3.05) is 31.1 Å². The zero-order chi connectivity index (χ0) is 19.5. The molecule has 0 spiro atoms. The third-order valence-electron chi connectivity index (χ3n) is 4.60. The van der Waals surface area contributed by atoms with Gasteiger partial charge in [0.15, 0.2) is 11.6 Å². The van der Waals surface area contributed by atoms with Crippen molar-refractivity contribution in [2.24, 2.45) is 0 Å². The van der Waals surface area contributed by atoms with E-state index in [0.717, 1.165) is 12.1 Å². The number of nitrogens with zero attached hydrogens (tertiary/aromatic N) is 7. The summed E-state index contributed by atoms with van der Waals surface area (Å²) in [5.41, 5.74) is 0.198. The quantitative estimate of drug-likeness (QED) is 0.672. The third-order valence-corrected chi connectivity index (χ3v) is 4.60. The number of amides is 1. The van der Waals surface area contributed by atoms with Gasteiger partial charge in [-0.2, -0.15) is 5.10 Å². The second kappa shape index (κ2) is 7.67. The van der Waals surface area contributed by atoms with Gasteiger partial charge in [-0.25, -0.2) is 18.4 Å². The SMILES string of the molecule is O=C(Cc1ccc(F)cc1F)N1CCN(c2ccc(-n3cncn3)nn2)CC1. The van der Waals surface area contributed by atoms with E-state index in [1.165, 1.54) is 23.4 Å². The van der Waals surface area contributed by atoms with E-state index in [1.807, 2.05) is 11.0 Å². The van der Waals surface area contributed by atoms with Gasteiger partial charge in [-0.15, -0.1) is 10.2 Å². The molecular weight excluding hydrogens is 368 g/mol. The highest BCUT2D eigenvalue weighted by Crippen LogP contribution is 2.16. The Morgan fingerprint density at radius 2 is 1.75 bits per heavy atom. The van der Waals surface area contributed by atoms with Crippen molar-refractivity contribution in [1.82, 2.24) is 29.9 Å². The lowest BCUT2D eigenvalue weighted by molar-refractivity contribution is -0.130. The van der Waals surface area contributed by atoms with Gasteiger partial charge in [-0.05, 0) is 23.8 Å². The molecule has 1 saturated heterocycles. The Balaban J connectivity index is 1.34. The van der Waals surface area contributed by atoms with Crippen LogP contribution in [-0.4, -0.2) is 61.9 Å². The molecule has 4 rings (SSSR count). The van der Waals surface area contributed by atoms with Crippen LogP contribution in [0.3, 0.4) is 0 Å². The van der Waals surface area contributed by atoms with Crippen molar-refractivity contribution < 1.29 is 13.6 Å². The van der Waals surface area contributed by atoms with Gasteiger partial charge in [0.1, 0.15) is 24.3 Å². The Morgan fingerprint density at radius 1 is 1.00 bits per heavy atom. The number of aromatic nitrogens is 5. The van der Waals surface area contributed by atoms with Gasteiger partial charge in [-0.1, -0.05) is 6.07 Å². The molecule has 10 heteroatoms. The van der Waals surface area contributed by atoms with E-state index in [-0.39, 0.29) is 17.9 Å². The van der Waals surface area contributed by atoms with Crippen LogP contribution in [-0.2, 0) is 11.2 Å². The van der Waals surface area contributed by atoms with Crippen LogP contribution in [0.25, 0.3) is 5.82 Å². The van der Waals surface area contributed by atoms with E-state index in [0.29, 0.717) is 37.8 Å². The minimum absolute atomic E-state index is 0.0848. The predicted octanol–water partition coefficient (Wildman–Crippen LogP) is 1.23. The first kappa shape index (κ1) is 18.0. The summed E-state index contributed by atoms with van der Waals surface area (Å²) in [5, 5.41) is 12.4.